The van der Waals surface area contributed by atoms with Crippen LogP contribution in [0.4, 0.5) is 4.79 Å². The molecule has 30 heavy (non-hydrogen) atoms. The van der Waals surface area contributed by atoms with Gasteiger partial charge in [0.25, 0.3) is 0 Å². The Bertz CT molecular complexity index is 666. The first-order valence-electron chi connectivity index (χ1n) is 10.3. The summed E-state index contributed by atoms with van der Waals surface area (Å²) in [7, 11) is 1.86. The third kappa shape index (κ3) is 9.45. The average molecular weight is 536 g/mol. The SMILES string of the molecule is CCNC(=NCc1ncnn1C)NCCCN1CCN(C(=O)OC(C)(C)C)CC1.I. The molecule has 10 nitrogen and oxygen atoms in total. The number of ether oxygens (including phenoxy) is 1. The van der Waals surface area contributed by atoms with Crippen LogP contribution in [0.15, 0.2) is 11.3 Å². The number of aromatic nitrogens is 3. The number of hydrogen-bond acceptors (Lipinski definition) is 6. The Hall–Kier alpha value is -1.63. The van der Waals surface area contributed by atoms with E-state index in [0.717, 1.165) is 50.9 Å². The van der Waals surface area contributed by atoms with Crippen LogP contribution < -0.4 is 10.6 Å². The fourth-order valence-corrected chi connectivity index (χ4v) is 2.94. The number of halogens is 1. The Labute approximate surface area is 196 Å². The van der Waals surface area contributed by atoms with Crippen molar-refractivity contribution in [3.05, 3.63) is 12.2 Å². The molecular weight excluding hydrogens is 499 g/mol. The molecule has 2 heterocycles. The first-order valence-corrected chi connectivity index (χ1v) is 10.3. The number of nitrogens with one attached hydrogen (secondary N) is 2. The number of nitrogens with zero attached hydrogens (tertiary/aromatic N) is 6. The molecule has 172 valence electrons. The molecule has 0 aromatic carbocycles. The predicted molar refractivity (Wildman–Crippen MR) is 128 cm³/mol. The van der Waals surface area contributed by atoms with E-state index in [1.54, 1.807) is 9.58 Å². The maximum absolute atomic E-state index is 12.1. The lowest BCUT2D eigenvalue weighted by atomic mass is 10.2. The third-order valence-electron chi connectivity index (χ3n) is 4.50. The van der Waals surface area contributed by atoms with Gasteiger partial charge in [-0.15, -0.1) is 24.0 Å². The van der Waals surface area contributed by atoms with Gasteiger partial charge in [0.2, 0.25) is 0 Å². The van der Waals surface area contributed by atoms with Crippen molar-refractivity contribution in [3.8, 4) is 0 Å². The monoisotopic (exact) mass is 536 g/mol. The van der Waals surface area contributed by atoms with Crippen LogP contribution in [-0.2, 0) is 18.3 Å². The number of aryl methyl sites for hydroxylation is 1. The minimum Gasteiger partial charge on any atom is -0.444 e. The van der Waals surface area contributed by atoms with E-state index in [1.807, 2.05) is 34.7 Å². The van der Waals surface area contributed by atoms with Gasteiger partial charge in [-0.05, 0) is 40.7 Å². The summed E-state index contributed by atoms with van der Waals surface area (Å²) >= 11 is 0. The van der Waals surface area contributed by atoms with Crippen molar-refractivity contribution < 1.29 is 9.53 Å². The van der Waals surface area contributed by atoms with Crippen molar-refractivity contribution in [1.29, 1.82) is 0 Å². The molecule has 0 atom stereocenters. The highest BCUT2D eigenvalue weighted by Gasteiger charge is 2.25. The first-order chi connectivity index (χ1) is 13.8. The molecule has 2 N–H and O–H groups in total. The van der Waals surface area contributed by atoms with Gasteiger partial charge in [0.15, 0.2) is 5.96 Å². The molecule has 2 rings (SSSR count). The molecule has 1 aliphatic heterocycles. The fraction of sp³-hybridized carbons (Fsp3) is 0.789. The molecule has 1 aromatic rings. The average Bonchev–Trinajstić information content (AvgIpc) is 3.07. The second-order valence-electron chi connectivity index (χ2n) is 8.08. The number of carbonyl (C=O) groups excluding carboxylic acids is 1. The van der Waals surface area contributed by atoms with Crippen LogP contribution in [0.5, 0.6) is 0 Å². The summed E-state index contributed by atoms with van der Waals surface area (Å²) in [5, 5.41) is 10.7. The van der Waals surface area contributed by atoms with Crippen LogP contribution in [-0.4, -0.2) is 88.0 Å². The topological polar surface area (TPSA) is 99.9 Å². The normalized spacial score (nSPS) is 15.5. The van der Waals surface area contributed by atoms with Crippen LogP contribution in [0.2, 0.25) is 0 Å². The van der Waals surface area contributed by atoms with Gasteiger partial charge in [-0.3, -0.25) is 9.58 Å². The second-order valence-corrected chi connectivity index (χ2v) is 8.08. The summed E-state index contributed by atoms with van der Waals surface area (Å²) in [4.78, 5) is 25.1. The van der Waals surface area contributed by atoms with Crippen molar-refractivity contribution in [2.24, 2.45) is 12.0 Å². The van der Waals surface area contributed by atoms with Gasteiger partial charge >= 0.3 is 6.09 Å². The lowest BCUT2D eigenvalue weighted by molar-refractivity contribution is 0.0145. The van der Waals surface area contributed by atoms with Gasteiger partial charge in [-0.2, -0.15) is 5.10 Å². The molecule has 0 unspecified atom stereocenters. The highest BCUT2D eigenvalue weighted by atomic mass is 127. The number of rotatable bonds is 7. The Morgan fingerprint density at radius 1 is 1.23 bits per heavy atom. The summed E-state index contributed by atoms with van der Waals surface area (Å²) in [5.74, 6) is 1.61. The van der Waals surface area contributed by atoms with Gasteiger partial charge < -0.3 is 20.3 Å². The zero-order valence-corrected chi connectivity index (χ0v) is 21.2. The molecular formula is C19H37IN8O2. The summed E-state index contributed by atoms with van der Waals surface area (Å²) in [5.41, 5.74) is -0.446. The smallest absolute Gasteiger partial charge is 0.410 e. The van der Waals surface area contributed by atoms with Gasteiger partial charge in [0.05, 0.1) is 0 Å². The van der Waals surface area contributed by atoms with Crippen LogP contribution in [0.25, 0.3) is 0 Å². The minimum absolute atomic E-state index is 0. The van der Waals surface area contributed by atoms with Gasteiger partial charge in [-0.1, -0.05) is 0 Å². The highest BCUT2D eigenvalue weighted by molar-refractivity contribution is 14.0. The van der Waals surface area contributed by atoms with Gasteiger partial charge in [0, 0.05) is 46.3 Å². The number of aliphatic imine (C=N–C) groups is 1. The number of hydrogen-bond donors (Lipinski definition) is 2. The van der Waals surface area contributed by atoms with Crippen molar-refractivity contribution >= 4 is 36.0 Å². The van der Waals surface area contributed by atoms with Crippen molar-refractivity contribution in [1.82, 2.24) is 35.2 Å². The lowest BCUT2D eigenvalue weighted by Crippen LogP contribution is -2.50. The van der Waals surface area contributed by atoms with Crippen LogP contribution in [0, 0.1) is 0 Å². The van der Waals surface area contributed by atoms with E-state index in [-0.39, 0.29) is 30.1 Å². The Balaban J connectivity index is 0.00000450. The fourth-order valence-electron chi connectivity index (χ4n) is 2.94. The zero-order chi connectivity index (χ0) is 21.3. The van der Waals surface area contributed by atoms with E-state index >= 15 is 0 Å². The van der Waals surface area contributed by atoms with Crippen LogP contribution in [0.3, 0.4) is 0 Å². The van der Waals surface area contributed by atoms with E-state index in [4.69, 9.17) is 4.74 Å². The summed E-state index contributed by atoms with van der Waals surface area (Å²) < 4.78 is 7.17. The molecule has 0 spiro atoms. The highest BCUT2D eigenvalue weighted by Crippen LogP contribution is 2.11. The Morgan fingerprint density at radius 3 is 2.50 bits per heavy atom. The summed E-state index contributed by atoms with van der Waals surface area (Å²) in [6.45, 7) is 14.0. The summed E-state index contributed by atoms with van der Waals surface area (Å²) in [6.07, 6.45) is 2.32. The molecule has 1 aromatic heterocycles. The van der Waals surface area contributed by atoms with Crippen LogP contribution in [0.1, 0.15) is 39.9 Å². The van der Waals surface area contributed by atoms with Gasteiger partial charge in [-0.25, -0.2) is 14.8 Å². The number of piperazine rings is 1. The van der Waals surface area contributed by atoms with E-state index in [9.17, 15) is 4.79 Å². The van der Waals surface area contributed by atoms with Crippen molar-refractivity contribution in [2.45, 2.75) is 46.3 Å². The van der Waals surface area contributed by atoms with E-state index in [2.05, 4.69) is 30.6 Å². The lowest BCUT2D eigenvalue weighted by Gasteiger charge is -2.35. The standard InChI is InChI=1S/C19H36N8O2.HI/c1-6-20-17(22-14-16-23-15-24-25(16)5)21-8-7-9-26-10-12-27(13-11-26)18(28)29-19(2,3)4;/h15H,6-14H2,1-5H3,(H2,20,21,22);1H. The molecule has 0 aliphatic carbocycles. The van der Waals surface area contributed by atoms with Crippen LogP contribution >= 0.6 is 24.0 Å². The third-order valence-corrected chi connectivity index (χ3v) is 4.50. The Kier molecular flexibility index (Phi) is 11.4. The first kappa shape index (κ1) is 26.4. The van der Waals surface area contributed by atoms with Crippen molar-refractivity contribution in [2.75, 3.05) is 45.8 Å². The molecule has 1 aliphatic rings. The number of amides is 1. The quantitative estimate of drug-likeness (QED) is 0.236. The number of carbonyl (C=O) groups is 1. The van der Waals surface area contributed by atoms with E-state index in [1.165, 1.54) is 6.33 Å². The molecule has 1 saturated heterocycles. The molecule has 11 heteroatoms. The maximum atomic E-state index is 12.1. The largest absolute Gasteiger partial charge is 0.444 e. The molecule has 0 radical (unpaired) electrons. The molecule has 0 bridgehead atoms. The summed E-state index contributed by atoms with van der Waals surface area (Å²) in [6, 6.07) is 0. The van der Waals surface area contributed by atoms with Gasteiger partial charge in [0.1, 0.15) is 24.3 Å². The minimum atomic E-state index is -0.446. The van der Waals surface area contributed by atoms with Crippen molar-refractivity contribution in [3.63, 3.8) is 0 Å². The predicted octanol–water partition coefficient (Wildman–Crippen LogP) is 1.43. The Morgan fingerprint density at radius 2 is 1.93 bits per heavy atom. The maximum Gasteiger partial charge on any atom is 0.410 e. The number of guanidine groups is 1. The van der Waals surface area contributed by atoms with E-state index < -0.39 is 5.60 Å². The zero-order valence-electron chi connectivity index (χ0n) is 18.8. The molecule has 0 saturated carbocycles. The molecule has 1 fully saturated rings. The molecule has 1 amide bonds. The second kappa shape index (κ2) is 12.9. The van der Waals surface area contributed by atoms with E-state index in [0.29, 0.717) is 19.6 Å².